The Morgan fingerprint density at radius 3 is 2.68 bits per heavy atom. The molecule has 1 aliphatic carbocycles. The van der Waals surface area contributed by atoms with Gasteiger partial charge in [0.2, 0.25) is 5.91 Å². The third kappa shape index (κ3) is 4.32. The smallest absolute Gasteiger partial charge is 0.223 e. The molecule has 1 amide bonds. The molecule has 0 radical (unpaired) electrons. The number of hydrogen-bond donors (Lipinski definition) is 1. The van der Waals surface area contributed by atoms with Gasteiger partial charge in [-0.1, -0.05) is 19.1 Å². The Morgan fingerprint density at radius 1 is 1.37 bits per heavy atom. The van der Waals surface area contributed by atoms with Gasteiger partial charge in [0.05, 0.1) is 6.10 Å². The van der Waals surface area contributed by atoms with Crippen molar-refractivity contribution >= 4 is 5.91 Å². The van der Waals surface area contributed by atoms with Crippen LogP contribution in [0.4, 0.5) is 0 Å². The van der Waals surface area contributed by atoms with Crippen molar-refractivity contribution < 1.29 is 9.90 Å². The van der Waals surface area contributed by atoms with Crippen molar-refractivity contribution in [3.8, 4) is 0 Å². The second-order valence-corrected chi connectivity index (χ2v) is 5.71. The van der Waals surface area contributed by atoms with Crippen LogP contribution in [-0.4, -0.2) is 59.6 Å². The minimum atomic E-state index is -0.231. The van der Waals surface area contributed by atoms with Gasteiger partial charge in [0, 0.05) is 39.1 Å². The lowest BCUT2D eigenvalue weighted by molar-refractivity contribution is -0.133. The molecule has 1 saturated heterocycles. The summed E-state index contributed by atoms with van der Waals surface area (Å²) >= 11 is 0. The lowest BCUT2D eigenvalue weighted by atomic mass is 10.0. The summed E-state index contributed by atoms with van der Waals surface area (Å²) in [5.41, 5.74) is 0. The molecule has 108 valence electrons. The number of piperazine rings is 1. The molecule has 0 saturated carbocycles. The average Bonchev–Trinajstić information content (AvgIpc) is 2.92. The van der Waals surface area contributed by atoms with E-state index in [0.29, 0.717) is 18.2 Å². The highest BCUT2D eigenvalue weighted by Gasteiger charge is 2.24. The molecule has 0 unspecified atom stereocenters. The number of aliphatic hydroxyl groups excluding tert-OH is 1. The summed E-state index contributed by atoms with van der Waals surface area (Å²) in [5, 5.41) is 9.65. The van der Waals surface area contributed by atoms with Crippen molar-refractivity contribution in [2.75, 3.05) is 32.7 Å². The van der Waals surface area contributed by atoms with Crippen molar-refractivity contribution in [2.24, 2.45) is 5.92 Å². The molecule has 0 aromatic heterocycles. The molecule has 4 nitrogen and oxygen atoms in total. The van der Waals surface area contributed by atoms with Crippen molar-refractivity contribution in [3.05, 3.63) is 12.2 Å². The van der Waals surface area contributed by atoms with Crippen LogP contribution >= 0.6 is 0 Å². The third-order valence-corrected chi connectivity index (χ3v) is 4.21. The van der Waals surface area contributed by atoms with Gasteiger partial charge in [-0.25, -0.2) is 0 Å². The zero-order chi connectivity index (χ0) is 13.7. The number of allylic oxidation sites excluding steroid dienone is 2. The van der Waals surface area contributed by atoms with Crippen LogP contribution in [0.3, 0.4) is 0 Å². The van der Waals surface area contributed by atoms with Crippen LogP contribution in [0.25, 0.3) is 0 Å². The van der Waals surface area contributed by atoms with Gasteiger partial charge in [0.15, 0.2) is 0 Å². The van der Waals surface area contributed by atoms with Gasteiger partial charge >= 0.3 is 0 Å². The summed E-state index contributed by atoms with van der Waals surface area (Å²) in [4.78, 5) is 16.4. The molecule has 0 aromatic rings. The van der Waals surface area contributed by atoms with Crippen LogP contribution in [0.1, 0.15) is 32.6 Å². The monoisotopic (exact) mass is 266 g/mol. The number of amides is 1. The van der Waals surface area contributed by atoms with Crippen LogP contribution in [0, 0.1) is 5.92 Å². The molecule has 2 atom stereocenters. The third-order valence-electron chi connectivity index (χ3n) is 4.21. The van der Waals surface area contributed by atoms with Gasteiger partial charge in [-0.05, 0) is 25.2 Å². The molecule has 1 heterocycles. The molecule has 1 N–H and O–H groups in total. The first kappa shape index (κ1) is 14.5. The van der Waals surface area contributed by atoms with Crippen LogP contribution in [-0.2, 0) is 4.79 Å². The highest BCUT2D eigenvalue weighted by molar-refractivity contribution is 5.76. The highest BCUT2D eigenvalue weighted by Crippen LogP contribution is 2.21. The van der Waals surface area contributed by atoms with Crippen molar-refractivity contribution in [2.45, 2.75) is 38.7 Å². The van der Waals surface area contributed by atoms with E-state index in [-0.39, 0.29) is 6.10 Å². The minimum Gasteiger partial charge on any atom is -0.392 e. The Labute approximate surface area is 116 Å². The number of rotatable bonds is 5. The van der Waals surface area contributed by atoms with Gasteiger partial charge in [0.25, 0.3) is 0 Å². The molecule has 0 spiro atoms. The maximum Gasteiger partial charge on any atom is 0.223 e. The van der Waals surface area contributed by atoms with E-state index in [1.807, 2.05) is 11.8 Å². The quantitative estimate of drug-likeness (QED) is 0.762. The number of carbonyl (C=O) groups is 1. The summed E-state index contributed by atoms with van der Waals surface area (Å²) in [7, 11) is 0. The van der Waals surface area contributed by atoms with Crippen LogP contribution < -0.4 is 0 Å². The predicted octanol–water partition coefficient (Wildman–Crippen LogP) is 1.26. The SMILES string of the molecule is CC[C@@H](O)CN1CCN(C(=O)C[C@H]2C=CCC2)CC1. The molecular formula is C15H26N2O2. The van der Waals surface area contributed by atoms with Crippen LogP contribution in [0.5, 0.6) is 0 Å². The average molecular weight is 266 g/mol. The topological polar surface area (TPSA) is 43.8 Å². The van der Waals surface area contributed by atoms with Crippen LogP contribution in [0.15, 0.2) is 12.2 Å². The lowest BCUT2D eigenvalue weighted by Gasteiger charge is -2.36. The summed E-state index contributed by atoms with van der Waals surface area (Å²) < 4.78 is 0. The molecular weight excluding hydrogens is 240 g/mol. The molecule has 2 rings (SSSR count). The lowest BCUT2D eigenvalue weighted by Crippen LogP contribution is -2.50. The largest absolute Gasteiger partial charge is 0.392 e. The van der Waals surface area contributed by atoms with Crippen molar-refractivity contribution in [1.82, 2.24) is 9.80 Å². The number of aliphatic hydroxyl groups is 1. The predicted molar refractivity (Wildman–Crippen MR) is 75.8 cm³/mol. The Hall–Kier alpha value is -0.870. The van der Waals surface area contributed by atoms with Gasteiger partial charge in [0.1, 0.15) is 0 Å². The van der Waals surface area contributed by atoms with Gasteiger partial charge in [-0.3, -0.25) is 9.69 Å². The highest BCUT2D eigenvalue weighted by atomic mass is 16.3. The summed E-state index contributed by atoms with van der Waals surface area (Å²) in [5.74, 6) is 0.764. The van der Waals surface area contributed by atoms with Crippen LogP contribution in [0.2, 0.25) is 0 Å². The van der Waals surface area contributed by atoms with Crippen molar-refractivity contribution in [1.29, 1.82) is 0 Å². The molecule has 0 aromatic carbocycles. The number of hydrogen-bond acceptors (Lipinski definition) is 3. The van der Waals surface area contributed by atoms with E-state index in [2.05, 4.69) is 17.1 Å². The zero-order valence-corrected chi connectivity index (χ0v) is 11.9. The molecule has 1 aliphatic heterocycles. The molecule has 19 heavy (non-hydrogen) atoms. The summed E-state index contributed by atoms with van der Waals surface area (Å²) in [6.45, 7) is 6.15. The fraction of sp³-hybridized carbons (Fsp3) is 0.800. The first-order chi connectivity index (χ1) is 9.19. The molecule has 4 heteroatoms. The molecule has 0 bridgehead atoms. The van der Waals surface area contributed by atoms with E-state index in [9.17, 15) is 9.90 Å². The van der Waals surface area contributed by atoms with Gasteiger partial charge < -0.3 is 10.0 Å². The normalized spacial score (nSPS) is 25.8. The van der Waals surface area contributed by atoms with E-state index < -0.39 is 0 Å². The first-order valence-corrected chi connectivity index (χ1v) is 7.54. The van der Waals surface area contributed by atoms with E-state index >= 15 is 0 Å². The van der Waals surface area contributed by atoms with E-state index in [1.165, 1.54) is 0 Å². The standard InChI is InChI=1S/C15H26N2O2/c1-2-14(18)12-16-7-9-17(10-8-16)15(19)11-13-5-3-4-6-13/h3,5,13-14,18H,2,4,6-12H2,1H3/t13-,14+/m0/s1. The first-order valence-electron chi connectivity index (χ1n) is 7.54. The number of nitrogens with zero attached hydrogens (tertiary/aromatic N) is 2. The van der Waals surface area contributed by atoms with Gasteiger partial charge in [-0.15, -0.1) is 0 Å². The molecule has 1 fully saturated rings. The van der Waals surface area contributed by atoms with E-state index in [1.54, 1.807) is 0 Å². The molecule has 2 aliphatic rings. The zero-order valence-electron chi connectivity index (χ0n) is 11.9. The van der Waals surface area contributed by atoms with E-state index in [0.717, 1.165) is 52.0 Å². The number of β-amino-alcohol motifs (C(OH)–C–C–N with tert-alkyl or cyclic N) is 1. The number of carbonyl (C=O) groups excluding carboxylic acids is 1. The Kier molecular flexibility index (Phi) is 5.40. The fourth-order valence-corrected chi connectivity index (χ4v) is 2.83. The Morgan fingerprint density at radius 2 is 2.11 bits per heavy atom. The summed E-state index contributed by atoms with van der Waals surface area (Å²) in [6.07, 6.45) is 7.87. The van der Waals surface area contributed by atoms with Crippen molar-refractivity contribution in [3.63, 3.8) is 0 Å². The Bertz CT molecular complexity index is 322. The second kappa shape index (κ2) is 7.06. The maximum absolute atomic E-state index is 12.2. The summed E-state index contributed by atoms with van der Waals surface area (Å²) in [6, 6.07) is 0. The second-order valence-electron chi connectivity index (χ2n) is 5.71. The minimum absolute atomic E-state index is 0.231. The maximum atomic E-state index is 12.2. The van der Waals surface area contributed by atoms with Gasteiger partial charge in [-0.2, -0.15) is 0 Å². The fourth-order valence-electron chi connectivity index (χ4n) is 2.83. The van der Waals surface area contributed by atoms with E-state index in [4.69, 9.17) is 0 Å². The Balaban J connectivity index is 1.70.